The highest BCUT2D eigenvalue weighted by molar-refractivity contribution is 7.14. The van der Waals surface area contributed by atoms with E-state index in [9.17, 15) is 28.8 Å². The first-order chi connectivity index (χ1) is 68.4. The Bertz CT molecular complexity index is 7300. The number of hydrogen-bond donors (Lipinski definition) is 13. The van der Waals surface area contributed by atoms with Gasteiger partial charge < -0.3 is 102 Å². The number of anilines is 16. The second-order valence-electron chi connectivity index (χ2n) is 30.8. The minimum atomic E-state index is -0.534. The molecule has 14 N–H and O–H groups in total. The Morgan fingerprint density at radius 1 is 0.387 bits per heavy atom. The number of benzene rings is 8. The molecule has 0 bridgehead atoms. The standard InChI is InChI=1S/C27H27ClN6O4.C26H25ClN6O3S.C24H22ClN7O2.C23H21ClN6O3/c1-15-10-21(23(37-4)12-19(15)16-6-8-17(9-7-16)25(35)29-2)32-27-30-13-20(28)24(33-27)31-18-11-22(26(36)38-5)34(3)14-18;1-13-9-19(20(36-4)10-17(13)15-5-7-16(8-6-15)24(35)29-3)31-26-30-11-18(27)23(33-26)32-25-21(22(28)34)14(2)12-37-25;1-14-11-19(20(34-3)12-17(14)15-5-7-16(8-6-15)22(33)26-2)30-24-29-13-18(25)21(32-24)31-23-27-9-4-10-28-23;1-13-10-18(27-23-26-12-17(24)21(29-23)28-20-8-9-33-30-20)19(32-3)11-16(13)14-4-6-15(7-5-14)22(31)25-2/h6-14H,1-5H3,(H,29,35)(H2,30,31,32,33);5-12H,1-4H3,(H2,28,34)(H,29,35)(H2,30,31,32,33);4-13H,1-3H3,(H,26,33)(H2,27,28,29,30,31,32);4-12H,1-3H3,(H,25,31)(H2,26,27,28,29,30). The molecule has 0 fully saturated rings. The smallest absolute Gasteiger partial charge is 0.354 e. The Hall–Kier alpha value is -17.1. The van der Waals surface area contributed by atoms with Gasteiger partial charge in [-0.15, -0.1) is 11.3 Å². The Morgan fingerprint density at radius 3 is 1.01 bits per heavy atom. The summed E-state index contributed by atoms with van der Waals surface area (Å²) in [4.78, 5) is 114. The topological polar surface area (TPSA) is 479 Å². The number of carbonyl (C=O) groups is 6. The fourth-order valence-corrected chi connectivity index (χ4v) is 15.8. The summed E-state index contributed by atoms with van der Waals surface area (Å²) in [6.07, 6.45) is 12.3. The lowest BCUT2D eigenvalue weighted by Gasteiger charge is -2.16. The first-order valence-corrected chi connectivity index (χ1v) is 45.4. The number of nitrogens with two attached hydrogens (primary N) is 1. The third-order valence-corrected chi connectivity index (χ3v) is 23.6. The lowest BCUT2D eigenvalue weighted by molar-refractivity contribution is 0.0589. The third kappa shape index (κ3) is 25.3. The Labute approximate surface area is 839 Å². The van der Waals surface area contributed by atoms with Gasteiger partial charge in [0.25, 0.3) is 29.5 Å². The molecule has 0 spiro atoms. The molecule has 0 aliphatic rings. The lowest BCUT2D eigenvalue weighted by atomic mass is 9.98. The van der Waals surface area contributed by atoms with E-state index in [2.05, 4.69) is 119 Å². The number of nitrogens with one attached hydrogen (secondary N) is 12. The van der Waals surface area contributed by atoms with Gasteiger partial charge >= 0.3 is 5.97 Å². The van der Waals surface area contributed by atoms with Crippen molar-refractivity contribution < 1.29 is 57.0 Å². The van der Waals surface area contributed by atoms with Crippen molar-refractivity contribution in [2.45, 2.75) is 34.6 Å². The highest BCUT2D eigenvalue weighted by atomic mass is 35.5. The summed E-state index contributed by atoms with van der Waals surface area (Å²) >= 11 is 26.4. The van der Waals surface area contributed by atoms with Crippen LogP contribution in [0.5, 0.6) is 23.0 Å². The maximum absolute atomic E-state index is 11.9. The van der Waals surface area contributed by atoms with Crippen LogP contribution >= 0.6 is 57.7 Å². The average Bonchev–Trinajstić information content (AvgIpc) is 0.837. The predicted molar refractivity (Wildman–Crippen MR) is 554 cm³/mol. The molecule has 5 amide bonds. The van der Waals surface area contributed by atoms with Crippen LogP contribution in [0.4, 0.5) is 92.3 Å². The second kappa shape index (κ2) is 47.3. The number of aryl methyl sites for hydroxylation is 6. The summed E-state index contributed by atoms with van der Waals surface area (Å²) in [5.41, 5.74) is 24.4. The molecule has 16 aromatic rings. The fourth-order valence-electron chi connectivity index (χ4n) is 14.3. The molecule has 0 atom stereocenters. The summed E-state index contributed by atoms with van der Waals surface area (Å²) in [5.74, 6) is 4.34. The third-order valence-electron chi connectivity index (χ3n) is 21.5. The van der Waals surface area contributed by atoms with Crippen molar-refractivity contribution in [1.82, 2.24) is 80.8 Å². The van der Waals surface area contributed by atoms with Crippen molar-refractivity contribution in [3.63, 3.8) is 0 Å². The number of hydrogen-bond acceptors (Lipinski definition) is 32. The monoisotopic (exact) mass is 2010 g/mol. The van der Waals surface area contributed by atoms with Crippen molar-refractivity contribution >= 4 is 186 Å². The number of carbonyl (C=O) groups excluding carboxylic acids is 6. The van der Waals surface area contributed by atoms with Crippen LogP contribution in [-0.4, -0.2) is 159 Å². The molecule has 0 unspecified atom stereocenters. The molecule has 0 radical (unpaired) electrons. The van der Waals surface area contributed by atoms with Gasteiger partial charge in [0.1, 0.15) is 60.0 Å². The SMILES string of the molecule is CNC(=O)c1ccc(-c2cc(OC)c(Nc3ncc(Cl)c(Nc4cc(C(=O)OC)n(C)c4)n3)cc2C)cc1.CNC(=O)c1ccc(-c2cc(OC)c(Nc3ncc(Cl)c(Nc4ccon4)n3)cc2C)cc1.CNC(=O)c1ccc(-c2cc(OC)c(Nc3ncc(Cl)c(Nc4ncccn4)n3)cc2C)cc1.CNC(=O)c1ccc(-c2cc(OC)c(Nc3ncc(Cl)c(Nc4scc(C)c4C(N)=O)n3)cc2C)cc1. The second-order valence-corrected chi connectivity index (χ2v) is 33.3. The van der Waals surface area contributed by atoms with E-state index >= 15 is 0 Å². The normalized spacial score (nSPS) is 10.6. The van der Waals surface area contributed by atoms with E-state index < -0.39 is 11.9 Å². The van der Waals surface area contributed by atoms with Gasteiger partial charge in [-0.1, -0.05) is 100 Å². The van der Waals surface area contributed by atoms with E-state index in [4.69, 9.17) is 80.3 Å². The number of amides is 5. The summed E-state index contributed by atoms with van der Waals surface area (Å²) in [7, 11) is 15.8. The van der Waals surface area contributed by atoms with Gasteiger partial charge in [0, 0.05) is 82.1 Å². The van der Waals surface area contributed by atoms with E-state index in [1.54, 1.807) is 154 Å². The Balaban J connectivity index is 0.000000159. The molecule has 0 aliphatic heterocycles. The molecule has 37 nitrogen and oxygen atoms in total. The van der Waals surface area contributed by atoms with Crippen LogP contribution in [0.25, 0.3) is 44.5 Å². The Kier molecular flexibility index (Phi) is 34.1. The zero-order valence-electron chi connectivity index (χ0n) is 79.0. The highest BCUT2D eigenvalue weighted by Gasteiger charge is 2.24. The van der Waals surface area contributed by atoms with Gasteiger partial charge in [0.2, 0.25) is 29.7 Å². The number of aromatic nitrogens is 12. The molecular formula is C100H95Cl4N25O12S. The van der Waals surface area contributed by atoms with Crippen LogP contribution in [-0.2, 0) is 11.8 Å². The van der Waals surface area contributed by atoms with E-state index in [1.165, 1.54) is 49.5 Å². The summed E-state index contributed by atoms with van der Waals surface area (Å²) in [5, 5.41) is 42.8. The van der Waals surface area contributed by atoms with E-state index in [1.807, 2.05) is 137 Å². The molecule has 0 aliphatic carbocycles. The van der Waals surface area contributed by atoms with Crippen LogP contribution in [0.3, 0.4) is 0 Å². The van der Waals surface area contributed by atoms with Crippen LogP contribution in [0.15, 0.2) is 223 Å². The van der Waals surface area contributed by atoms with Crippen LogP contribution in [0, 0.1) is 34.6 Å². The number of esters is 1. The number of primary amides is 1. The zero-order valence-corrected chi connectivity index (χ0v) is 82.9. The van der Waals surface area contributed by atoms with Gasteiger partial charge in [-0.3, -0.25) is 24.0 Å². The molecule has 142 heavy (non-hydrogen) atoms. The minimum absolute atomic E-state index is 0.129. The number of thiophene rings is 1. The fraction of sp³-hybridized carbons (Fsp3) is 0.150. The summed E-state index contributed by atoms with van der Waals surface area (Å²) in [6.45, 7) is 9.76. The molecule has 726 valence electrons. The first kappa shape index (κ1) is 102. The first-order valence-electron chi connectivity index (χ1n) is 43.0. The molecule has 0 saturated carbocycles. The molecule has 8 aromatic carbocycles. The van der Waals surface area contributed by atoms with E-state index in [0.29, 0.717) is 158 Å². The lowest BCUT2D eigenvalue weighted by Crippen LogP contribution is -2.17. The number of halogens is 4. The van der Waals surface area contributed by atoms with E-state index in [-0.39, 0.29) is 34.6 Å². The largest absolute Gasteiger partial charge is 0.495 e. The minimum Gasteiger partial charge on any atom is -0.495 e. The van der Waals surface area contributed by atoms with Crippen LogP contribution in [0.2, 0.25) is 20.1 Å². The number of rotatable bonds is 30. The zero-order chi connectivity index (χ0) is 102. The van der Waals surface area contributed by atoms with Gasteiger partial charge in [-0.2, -0.15) is 19.9 Å². The average molecular weight is 2010 g/mol. The van der Waals surface area contributed by atoms with Crippen molar-refractivity contribution in [3.05, 3.63) is 300 Å². The van der Waals surface area contributed by atoms with Gasteiger partial charge in [0.15, 0.2) is 29.1 Å². The van der Waals surface area contributed by atoms with Gasteiger partial charge in [-0.25, -0.2) is 34.7 Å². The molecule has 8 heterocycles. The number of nitrogens with zero attached hydrogens (tertiary/aromatic N) is 12. The summed E-state index contributed by atoms with van der Waals surface area (Å²) < 4.78 is 33.8. The molecular weight excluding hydrogens is 1920 g/mol. The maximum atomic E-state index is 11.9. The van der Waals surface area contributed by atoms with Gasteiger partial charge in [-0.05, 0) is 222 Å². The molecule has 42 heteroatoms. The van der Waals surface area contributed by atoms with Crippen LogP contribution in [0.1, 0.15) is 90.1 Å². The molecule has 8 aromatic heterocycles. The summed E-state index contributed by atoms with van der Waals surface area (Å²) in [6, 6.07) is 50.0. The van der Waals surface area contributed by atoms with Crippen molar-refractivity contribution in [3.8, 4) is 67.5 Å². The number of methoxy groups -OCH3 is 5. The van der Waals surface area contributed by atoms with Crippen molar-refractivity contribution in [2.24, 2.45) is 12.8 Å². The highest BCUT2D eigenvalue weighted by Crippen LogP contribution is 2.43. The van der Waals surface area contributed by atoms with Crippen LogP contribution < -0.4 is 88.5 Å². The molecule has 0 saturated heterocycles. The predicted octanol–water partition coefficient (Wildman–Crippen LogP) is 20.2. The molecule has 16 rings (SSSR count). The quantitative estimate of drug-likeness (QED) is 0.0186. The number of ether oxygens (including phenoxy) is 5. The van der Waals surface area contributed by atoms with E-state index in [0.717, 1.165) is 72.3 Å². The maximum Gasteiger partial charge on any atom is 0.354 e. The van der Waals surface area contributed by atoms with Gasteiger partial charge in [0.05, 0.1) is 94.3 Å². The Morgan fingerprint density at radius 2 is 0.711 bits per heavy atom. The van der Waals surface area contributed by atoms with Crippen molar-refractivity contribution in [2.75, 3.05) is 106 Å². The van der Waals surface area contributed by atoms with Crippen molar-refractivity contribution in [1.29, 1.82) is 0 Å².